The molecule has 0 saturated heterocycles. The molecule has 1 aliphatic carbocycles. The first-order valence-corrected chi connectivity index (χ1v) is 7.14. The highest BCUT2D eigenvalue weighted by molar-refractivity contribution is 9.10. The molecule has 3 rings (SSSR count). The number of aliphatic hydroxyl groups excluding tert-OH is 1. The molecule has 2 atom stereocenters. The number of aliphatic hydroxyl groups is 1. The third-order valence-corrected chi connectivity index (χ3v) is 4.54. The summed E-state index contributed by atoms with van der Waals surface area (Å²) >= 11 is 3.35. The summed E-state index contributed by atoms with van der Waals surface area (Å²) in [6.45, 7) is 0. The van der Waals surface area contributed by atoms with Gasteiger partial charge in [-0.2, -0.15) is 0 Å². The van der Waals surface area contributed by atoms with Crippen LogP contribution in [0.4, 0.5) is 4.39 Å². The van der Waals surface area contributed by atoms with Crippen LogP contribution in [-0.2, 0) is 12.8 Å². The van der Waals surface area contributed by atoms with E-state index in [0.717, 1.165) is 16.5 Å². The van der Waals surface area contributed by atoms with Gasteiger partial charge >= 0.3 is 0 Å². The number of benzene rings is 2. The van der Waals surface area contributed by atoms with E-state index >= 15 is 0 Å². The lowest BCUT2D eigenvalue weighted by Crippen LogP contribution is -2.30. The minimum atomic E-state index is -0.420. The molecule has 0 fully saturated rings. The molecule has 2 aromatic carbocycles. The van der Waals surface area contributed by atoms with Crippen molar-refractivity contribution in [3.05, 3.63) is 69.4 Å². The van der Waals surface area contributed by atoms with E-state index in [9.17, 15) is 9.50 Å². The standard InChI is InChI=1S/C16H14BrFO/c17-15-9-12(18)6-5-11(15)8-16(19)14-7-10-3-1-2-4-13(10)14/h1-6,9,14,16,19H,7-8H2. The van der Waals surface area contributed by atoms with Gasteiger partial charge in [0.1, 0.15) is 5.82 Å². The largest absolute Gasteiger partial charge is 0.392 e. The maximum absolute atomic E-state index is 13.0. The maximum atomic E-state index is 13.0. The van der Waals surface area contributed by atoms with E-state index in [1.807, 2.05) is 12.1 Å². The van der Waals surface area contributed by atoms with Gasteiger partial charge in [0.25, 0.3) is 0 Å². The topological polar surface area (TPSA) is 20.2 Å². The Labute approximate surface area is 120 Å². The minimum absolute atomic E-state index is 0.202. The molecule has 1 aliphatic rings. The first-order chi connectivity index (χ1) is 9.15. The highest BCUT2D eigenvalue weighted by Gasteiger charge is 2.31. The molecule has 0 spiro atoms. The molecule has 19 heavy (non-hydrogen) atoms. The van der Waals surface area contributed by atoms with E-state index in [4.69, 9.17) is 0 Å². The second-order valence-electron chi connectivity index (χ2n) is 5.02. The Morgan fingerprint density at radius 2 is 2.05 bits per heavy atom. The molecule has 0 saturated carbocycles. The van der Waals surface area contributed by atoms with E-state index in [2.05, 4.69) is 28.1 Å². The summed E-state index contributed by atoms with van der Waals surface area (Å²) in [6, 6.07) is 12.8. The van der Waals surface area contributed by atoms with Crippen molar-refractivity contribution in [2.75, 3.05) is 0 Å². The van der Waals surface area contributed by atoms with Gasteiger partial charge in [-0.3, -0.25) is 0 Å². The van der Waals surface area contributed by atoms with Gasteiger partial charge < -0.3 is 5.11 Å². The molecule has 2 aromatic rings. The number of fused-ring (bicyclic) bond motifs is 1. The van der Waals surface area contributed by atoms with Crippen LogP contribution in [0.3, 0.4) is 0 Å². The van der Waals surface area contributed by atoms with Crippen molar-refractivity contribution in [3.8, 4) is 0 Å². The van der Waals surface area contributed by atoms with Crippen LogP contribution in [0.2, 0.25) is 0 Å². The second kappa shape index (κ2) is 5.06. The van der Waals surface area contributed by atoms with E-state index in [1.165, 1.54) is 23.3 Å². The fourth-order valence-electron chi connectivity index (χ4n) is 2.70. The minimum Gasteiger partial charge on any atom is -0.392 e. The van der Waals surface area contributed by atoms with Gasteiger partial charge in [0.2, 0.25) is 0 Å². The molecule has 0 bridgehead atoms. The molecule has 0 amide bonds. The zero-order valence-corrected chi connectivity index (χ0v) is 11.9. The summed E-state index contributed by atoms with van der Waals surface area (Å²) in [4.78, 5) is 0. The summed E-state index contributed by atoms with van der Waals surface area (Å²) < 4.78 is 13.7. The summed E-state index contributed by atoms with van der Waals surface area (Å²) in [6.07, 6.45) is 1.05. The Balaban J connectivity index is 1.75. The zero-order chi connectivity index (χ0) is 13.4. The zero-order valence-electron chi connectivity index (χ0n) is 10.3. The van der Waals surface area contributed by atoms with Crippen molar-refractivity contribution in [1.82, 2.24) is 0 Å². The van der Waals surface area contributed by atoms with Gasteiger partial charge in [-0.05, 0) is 35.2 Å². The van der Waals surface area contributed by atoms with Crippen LogP contribution < -0.4 is 0 Å². The number of hydrogen-bond acceptors (Lipinski definition) is 1. The molecule has 2 unspecified atom stereocenters. The van der Waals surface area contributed by atoms with Crippen LogP contribution in [-0.4, -0.2) is 11.2 Å². The lowest BCUT2D eigenvalue weighted by atomic mass is 9.73. The number of halogens is 2. The normalized spacial score (nSPS) is 18.6. The molecule has 1 nitrogen and oxygen atoms in total. The van der Waals surface area contributed by atoms with Crippen LogP contribution in [0.1, 0.15) is 22.6 Å². The predicted molar refractivity (Wildman–Crippen MR) is 76.7 cm³/mol. The molecule has 0 aliphatic heterocycles. The highest BCUT2D eigenvalue weighted by Crippen LogP contribution is 2.38. The smallest absolute Gasteiger partial charge is 0.124 e. The van der Waals surface area contributed by atoms with Crippen LogP contribution in [0.5, 0.6) is 0 Å². The molecule has 98 valence electrons. The number of hydrogen-bond donors (Lipinski definition) is 1. The Hall–Kier alpha value is -1.19. The van der Waals surface area contributed by atoms with Gasteiger partial charge in [0, 0.05) is 16.8 Å². The van der Waals surface area contributed by atoms with Crippen LogP contribution in [0, 0.1) is 5.82 Å². The van der Waals surface area contributed by atoms with Crippen molar-refractivity contribution in [3.63, 3.8) is 0 Å². The lowest BCUT2D eigenvalue weighted by Gasteiger charge is -2.34. The maximum Gasteiger partial charge on any atom is 0.124 e. The first kappa shape index (κ1) is 12.8. The van der Waals surface area contributed by atoms with Crippen molar-refractivity contribution in [1.29, 1.82) is 0 Å². The van der Waals surface area contributed by atoms with Crippen LogP contribution in [0.25, 0.3) is 0 Å². The fourth-order valence-corrected chi connectivity index (χ4v) is 3.21. The van der Waals surface area contributed by atoms with E-state index in [1.54, 1.807) is 6.07 Å². The van der Waals surface area contributed by atoms with Crippen molar-refractivity contribution in [2.45, 2.75) is 24.9 Å². The molecule has 0 aromatic heterocycles. The monoisotopic (exact) mass is 320 g/mol. The highest BCUT2D eigenvalue weighted by atomic mass is 79.9. The average molecular weight is 321 g/mol. The van der Waals surface area contributed by atoms with Crippen LogP contribution in [0.15, 0.2) is 46.9 Å². The first-order valence-electron chi connectivity index (χ1n) is 6.35. The predicted octanol–water partition coefficient (Wildman–Crippen LogP) is 3.83. The molecule has 1 N–H and O–H groups in total. The third-order valence-electron chi connectivity index (χ3n) is 3.80. The molecule has 3 heteroatoms. The van der Waals surface area contributed by atoms with E-state index < -0.39 is 6.10 Å². The second-order valence-corrected chi connectivity index (χ2v) is 5.87. The van der Waals surface area contributed by atoms with Crippen molar-refractivity contribution < 1.29 is 9.50 Å². The summed E-state index contributed by atoms with van der Waals surface area (Å²) in [5, 5.41) is 10.3. The van der Waals surface area contributed by atoms with Gasteiger partial charge in [0.15, 0.2) is 0 Å². The summed E-state index contributed by atoms with van der Waals surface area (Å²) in [5.41, 5.74) is 3.51. The summed E-state index contributed by atoms with van der Waals surface area (Å²) in [5.74, 6) is -0.0627. The van der Waals surface area contributed by atoms with Gasteiger partial charge in [-0.1, -0.05) is 46.3 Å². The third kappa shape index (κ3) is 2.45. The molecule has 0 heterocycles. The SMILES string of the molecule is OC(Cc1ccc(F)cc1Br)C1Cc2ccccc21. The fraction of sp³-hybridized carbons (Fsp3) is 0.250. The van der Waals surface area contributed by atoms with Gasteiger partial charge in [-0.25, -0.2) is 4.39 Å². The van der Waals surface area contributed by atoms with E-state index in [0.29, 0.717) is 6.42 Å². The van der Waals surface area contributed by atoms with Crippen LogP contribution >= 0.6 is 15.9 Å². The average Bonchev–Trinajstić information content (AvgIpc) is 2.34. The summed E-state index contributed by atoms with van der Waals surface area (Å²) in [7, 11) is 0. The number of rotatable bonds is 3. The Bertz CT molecular complexity index is 611. The Morgan fingerprint density at radius 1 is 1.26 bits per heavy atom. The van der Waals surface area contributed by atoms with Crippen molar-refractivity contribution >= 4 is 15.9 Å². The lowest BCUT2D eigenvalue weighted by molar-refractivity contribution is 0.133. The van der Waals surface area contributed by atoms with Gasteiger partial charge in [0.05, 0.1) is 6.10 Å². The quantitative estimate of drug-likeness (QED) is 0.911. The molecular formula is C16H14BrFO. The molecular weight excluding hydrogens is 307 g/mol. The van der Waals surface area contributed by atoms with E-state index in [-0.39, 0.29) is 11.7 Å². The van der Waals surface area contributed by atoms with Gasteiger partial charge in [-0.15, -0.1) is 0 Å². The van der Waals surface area contributed by atoms with Crippen molar-refractivity contribution in [2.24, 2.45) is 0 Å². The molecule has 0 radical (unpaired) electrons. The Kier molecular flexibility index (Phi) is 3.42. The Morgan fingerprint density at radius 3 is 2.79 bits per heavy atom.